The van der Waals surface area contributed by atoms with Crippen LogP contribution in [0.2, 0.25) is 5.02 Å². The Balaban J connectivity index is 1.26. The van der Waals surface area contributed by atoms with Gasteiger partial charge in [0, 0.05) is 42.1 Å². The average Bonchev–Trinajstić information content (AvgIpc) is 3.61. The molecule has 2 fully saturated rings. The zero-order valence-electron chi connectivity index (χ0n) is 21.8. The van der Waals surface area contributed by atoms with Crippen LogP contribution in [0.3, 0.4) is 0 Å². The van der Waals surface area contributed by atoms with E-state index in [4.69, 9.17) is 22.1 Å². The molecule has 2 atom stereocenters. The van der Waals surface area contributed by atoms with Crippen LogP contribution in [0.25, 0.3) is 11.1 Å². The number of anilines is 2. The number of carbonyl (C=O) groups is 1. The van der Waals surface area contributed by atoms with Gasteiger partial charge in [0.05, 0.1) is 5.02 Å². The number of pyridine rings is 1. The van der Waals surface area contributed by atoms with E-state index in [0.29, 0.717) is 11.3 Å². The van der Waals surface area contributed by atoms with Gasteiger partial charge in [-0.15, -0.1) is 0 Å². The molecule has 0 aliphatic carbocycles. The molecule has 0 spiro atoms. The second-order valence-electron chi connectivity index (χ2n) is 10.1. The number of rotatable bonds is 7. The fourth-order valence-corrected chi connectivity index (χ4v) is 5.68. The third-order valence-corrected chi connectivity index (χ3v) is 7.83. The molecule has 3 aromatic rings. The minimum atomic E-state index is -0.912. The highest BCUT2D eigenvalue weighted by Crippen LogP contribution is 2.35. The molecule has 2 aromatic carbocycles. The van der Waals surface area contributed by atoms with E-state index in [0.717, 1.165) is 56.7 Å². The molecule has 2 saturated heterocycles. The number of nitrogens with zero attached hydrogens (tertiary/aromatic N) is 3. The van der Waals surface area contributed by atoms with Crippen molar-refractivity contribution in [2.24, 2.45) is 0 Å². The summed E-state index contributed by atoms with van der Waals surface area (Å²) < 4.78 is 34.1. The first-order valence-electron chi connectivity index (χ1n) is 13.3. The van der Waals surface area contributed by atoms with E-state index in [-0.39, 0.29) is 34.2 Å². The summed E-state index contributed by atoms with van der Waals surface area (Å²) in [7, 11) is 0. The van der Waals surface area contributed by atoms with E-state index >= 15 is 0 Å². The van der Waals surface area contributed by atoms with E-state index in [9.17, 15) is 13.6 Å². The molecule has 0 saturated carbocycles. The number of carbonyl (C=O) groups excluding carboxylic acids is 1. The second kappa shape index (κ2) is 11.8. The summed E-state index contributed by atoms with van der Waals surface area (Å²) in [6.45, 7) is 5.51. The molecule has 1 unspecified atom stereocenters. The minimum Gasteiger partial charge on any atom is -0.482 e. The number of benzene rings is 2. The fourth-order valence-electron chi connectivity index (χ4n) is 5.37. The Labute approximate surface area is 231 Å². The molecule has 2 aliphatic heterocycles. The third kappa shape index (κ3) is 6.09. The van der Waals surface area contributed by atoms with Crippen LogP contribution in [0.5, 0.6) is 5.75 Å². The van der Waals surface area contributed by atoms with Crippen LogP contribution in [0.15, 0.2) is 48.7 Å². The van der Waals surface area contributed by atoms with E-state index < -0.39 is 17.7 Å². The Morgan fingerprint density at radius 2 is 1.82 bits per heavy atom. The lowest BCUT2D eigenvalue weighted by atomic mass is 10.1. The number of nitrogens with one attached hydrogen (secondary N) is 1. The molecule has 10 heteroatoms. The van der Waals surface area contributed by atoms with E-state index in [2.05, 4.69) is 15.2 Å². The SMILES string of the molecule is C[C@@H](Oc1cc(-c2ccc(NC(=O)N3CCCC3CN3CCCC3)cc2)cnc1N)c1c(F)ccc(F)c1Cl. The van der Waals surface area contributed by atoms with Crippen LogP contribution in [0.4, 0.5) is 25.1 Å². The molecule has 1 aromatic heterocycles. The van der Waals surface area contributed by atoms with E-state index in [1.54, 1.807) is 19.2 Å². The summed E-state index contributed by atoms with van der Waals surface area (Å²) in [5.41, 5.74) is 8.14. The first kappa shape index (κ1) is 27.1. The van der Waals surface area contributed by atoms with Gasteiger partial charge in [-0.3, -0.25) is 0 Å². The third-order valence-electron chi connectivity index (χ3n) is 7.45. The van der Waals surface area contributed by atoms with Crippen molar-refractivity contribution in [1.29, 1.82) is 0 Å². The molecule has 0 radical (unpaired) electrons. The van der Waals surface area contributed by atoms with Crippen molar-refractivity contribution in [3.63, 3.8) is 0 Å². The van der Waals surface area contributed by atoms with Gasteiger partial charge in [0.2, 0.25) is 0 Å². The number of amides is 2. The predicted octanol–water partition coefficient (Wildman–Crippen LogP) is 6.49. The van der Waals surface area contributed by atoms with Gasteiger partial charge < -0.3 is 25.6 Å². The number of halogens is 3. The van der Waals surface area contributed by atoms with E-state index in [1.165, 1.54) is 12.8 Å². The minimum absolute atomic E-state index is 0.0773. The maximum atomic E-state index is 14.4. The number of likely N-dealkylation sites (tertiary alicyclic amines) is 2. The first-order chi connectivity index (χ1) is 18.8. The summed E-state index contributed by atoms with van der Waals surface area (Å²) in [4.78, 5) is 21.6. The number of nitrogens with two attached hydrogens (primary N) is 1. The number of ether oxygens (including phenoxy) is 1. The topological polar surface area (TPSA) is 83.7 Å². The lowest BCUT2D eigenvalue weighted by molar-refractivity contribution is 0.186. The van der Waals surface area contributed by atoms with Gasteiger partial charge in [-0.05, 0) is 81.6 Å². The molecule has 7 nitrogen and oxygen atoms in total. The molecule has 39 heavy (non-hydrogen) atoms. The number of nitrogen functional groups attached to an aromatic ring is 1. The van der Waals surface area contributed by atoms with Gasteiger partial charge in [-0.25, -0.2) is 18.6 Å². The summed E-state index contributed by atoms with van der Waals surface area (Å²) in [5.74, 6) is -1.08. The average molecular weight is 556 g/mol. The molecule has 2 aliphatic rings. The van der Waals surface area contributed by atoms with Crippen LogP contribution < -0.4 is 15.8 Å². The van der Waals surface area contributed by atoms with Crippen molar-refractivity contribution in [1.82, 2.24) is 14.8 Å². The summed E-state index contributed by atoms with van der Waals surface area (Å²) in [6, 6.07) is 11.2. The van der Waals surface area contributed by atoms with Crippen LogP contribution in [0, 0.1) is 11.6 Å². The Bertz CT molecular complexity index is 1330. The zero-order chi connectivity index (χ0) is 27.5. The maximum Gasteiger partial charge on any atom is 0.322 e. The van der Waals surface area contributed by atoms with Gasteiger partial charge in [-0.2, -0.15) is 0 Å². The highest BCUT2D eigenvalue weighted by Gasteiger charge is 2.31. The first-order valence-corrected chi connectivity index (χ1v) is 13.6. The number of urea groups is 1. The van der Waals surface area contributed by atoms with E-state index in [1.807, 2.05) is 29.2 Å². The van der Waals surface area contributed by atoms with Gasteiger partial charge in [0.15, 0.2) is 11.6 Å². The predicted molar refractivity (Wildman–Crippen MR) is 149 cm³/mol. The van der Waals surface area contributed by atoms with Crippen molar-refractivity contribution in [2.75, 3.05) is 37.2 Å². The Morgan fingerprint density at radius 3 is 2.56 bits per heavy atom. The normalized spacial score (nSPS) is 18.4. The lowest BCUT2D eigenvalue weighted by Gasteiger charge is -2.28. The molecule has 2 amide bonds. The highest BCUT2D eigenvalue weighted by molar-refractivity contribution is 6.31. The highest BCUT2D eigenvalue weighted by atomic mass is 35.5. The van der Waals surface area contributed by atoms with Crippen molar-refractivity contribution in [2.45, 2.75) is 44.8 Å². The Kier molecular flexibility index (Phi) is 8.18. The molecule has 5 rings (SSSR count). The maximum absolute atomic E-state index is 14.4. The quantitative estimate of drug-likeness (QED) is 0.325. The van der Waals surface area contributed by atoms with Gasteiger partial charge in [0.1, 0.15) is 17.7 Å². The van der Waals surface area contributed by atoms with Crippen LogP contribution in [-0.4, -0.2) is 53.0 Å². The largest absolute Gasteiger partial charge is 0.482 e. The smallest absolute Gasteiger partial charge is 0.322 e. The standard InChI is InChI=1S/C29H32ClF2N5O2/c1-18(26-23(31)10-11-24(32)27(26)30)39-25-15-20(16-34-28(25)33)19-6-8-21(9-7-19)35-29(38)37-14-4-5-22(37)17-36-12-2-3-13-36/h6-11,15-16,18,22H,2-5,12-14,17H2,1H3,(H2,33,34)(H,35,38)/t18-,22?/m1/s1. The van der Waals surface area contributed by atoms with Crippen LogP contribution >= 0.6 is 11.6 Å². The van der Waals surface area contributed by atoms with Gasteiger partial charge in [-0.1, -0.05) is 23.7 Å². The molecule has 206 valence electrons. The van der Waals surface area contributed by atoms with Crippen molar-refractivity contribution in [3.05, 3.63) is 70.9 Å². The van der Waals surface area contributed by atoms with Crippen LogP contribution in [-0.2, 0) is 0 Å². The number of hydrogen-bond acceptors (Lipinski definition) is 5. The van der Waals surface area contributed by atoms with Gasteiger partial charge in [0.25, 0.3) is 0 Å². The number of hydrogen-bond donors (Lipinski definition) is 2. The van der Waals surface area contributed by atoms with Crippen molar-refractivity contribution in [3.8, 4) is 16.9 Å². The molecular weight excluding hydrogens is 524 g/mol. The summed E-state index contributed by atoms with van der Waals surface area (Å²) >= 11 is 5.99. The molecule has 3 N–H and O–H groups in total. The monoisotopic (exact) mass is 555 g/mol. The Morgan fingerprint density at radius 1 is 1.10 bits per heavy atom. The van der Waals surface area contributed by atoms with Crippen molar-refractivity contribution < 1.29 is 18.3 Å². The second-order valence-corrected chi connectivity index (χ2v) is 10.5. The zero-order valence-corrected chi connectivity index (χ0v) is 22.6. The Hall–Kier alpha value is -3.43. The lowest BCUT2D eigenvalue weighted by Crippen LogP contribution is -2.44. The summed E-state index contributed by atoms with van der Waals surface area (Å²) in [6.07, 6.45) is 5.22. The van der Waals surface area contributed by atoms with Crippen LogP contribution in [0.1, 0.15) is 44.3 Å². The number of aromatic nitrogens is 1. The molecule has 0 bridgehead atoms. The fraction of sp³-hybridized carbons (Fsp3) is 0.379. The summed E-state index contributed by atoms with van der Waals surface area (Å²) in [5, 5.41) is 2.69. The molecule has 3 heterocycles. The van der Waals surface area contributed by atoms with Crippen molar-refractivity contribution >= 4 is 29.1 Å². The molecular formula is C29H32ClF2N5O2. The van der Waals surface area contributed by atoms with Gasteiger partial charge >= 0.3 is 6.03 Å².